The number of hydrogen-bond acceptors (Lipinski definition) is 4. The summed E-state index contributed by atoms with van der Waals surface area (Å²) < 4.78 is 0. The minimum absolute atomic E-state index is 0.110. The van der Waals surface area contributed by atoms with E-state index in [0.29, 0.717) is 38.4 Å². The van der Waals surface area contributed by atoms with Crippen molar-refractivity contribution in [2.24, 2.45) is 0 Å². The second-order valence-electron chi connectivity index (χ2n) is 9.65. The average molecular weight is 438 g/mol. The Balaban J connectivity index is 1.37. The molecular formula is C25H35N5O2. The molecule has 3 fully saturated rings. The molecule has 2 atom stereocenters. The lowest BCUT2D eigenvalue weighted by Gasteiger charge is -2.41. The molecule has 2 aromatic rings. The van der Waals surface area contributed by atoms with E-state index >= 15 is 0 Å². The van der Waals surface area contributed by atoms with Gasteiger partial charge >= 0.3 is 6.03 Å². The molecule has 0 aliphatic carbocycles. The molecule has 5 rings (SSSR count). The number of aryl methyl sites for hydroxylation is 1. The fourth-order valence-corrected chi connectivity index (χ4v) is 5.25. The summed E-state index contributed by atoms with van der Waals surface area (Å²) in [5.41, 5.74) is 3.78. The molecule has 3 aliphatic rings. The molecule has 2 amide bonds. The standard InChI is InChI=1S/C25H35N5O2/c1-2-18-4-6-19(7-5-18)20-14-21(23-15-24(27-26-23)28-10-3-11-28)17-30(16-20)25(32)29-12-8-22(31)9-13-29/h4-7,15,20-22,31H,2-3,8-14,16-17H2,1H3,(H,26,27). The van der Waals surface area contributed by atoms with Crippen molar-refractivity contribution >= 4 is 11.8 Å². The number of rotatable bonds is 4. The maximum absolute atomic E-state index is 13.4. The van der Waals surface area contributed by atoms with Crippen LogP contribution in [0.1, 0.15) is 61.3 Å². The lowest BCUT2D eigenvalue weighted by Crippen LogP contribution is -2.51. The average Bonchev–Trinajstić information content (AvgIpc) is 3.27. The van der Waals surface area contributed by atoms with Gasteiger partial charge in [0.25, 0.3) is 0 Å². The third-order valence-electron chi connectivity index (χ3n) is 7.52. The monoisotopic (exact) mass is 437 g/mol. The molecule has 4 heterocycles. The molecule has 1 aromatic heterocycles. The maximum atomic E-state index is 13.4. The highest BCUT2D eigenvalue weighted by Crippen LogP contribution is 2.37. The van der Waals surface area contributed by atoms with Crippen molar-refractivity contribution in [3.8, 4) is 0 Å². The van der Waals surface area contributed by atoms with Crippen molar-refractivity contribution in [2.75, 3.05) is 44.2 Å². The van der Waals surface area contributed by atoms with Crippen molar-refractivity contribution in [1.29, 1.82) is 0 Å². The predicted molar refractivity (Wildman–Crippen MR) is 125 cm³/mol. The van der Waals surface area contributed by atoms with E-state index in [4.69, 9.17) is 0 Å². The van der Waals surface area contributed by atoms with E-state index in [9.17, 15) is 9.90 Å². The summed E-state index contributed by atoms with van der Waals surface area (Å²) in [6.45, 7) is 7.06. The molecule has 7 nitrogen and oxygen atoms in total. The van der Waals surface area contributed by atoms with Gasteiger partial charge in [0.05, 0.1) is 6.10 Å². The summed E-state index contributed by atoms with van der Waals surface area (Å²) in [5, 5.41) is 17.7. The summed E-state index contributed by atoms with van der Waals surface area (Å²) in [6.07, 6.45) is 4.34. The smallest absolute Gasteiger partial charge is 0.320 e. The summed E-state index contributed by atoms with van der Waals surface area (Å²) in [6, 6.07) is 11.2. The Morgan fingerprint density at radius 2 is 1.78 bits per heavy atom. The topological polar surface area (TPSA) is 75.7 Å². The normalized spacial score (nSPS) is 24.5. The number of amides is 2. The Morgan fingerprint density at radius 1 is 1.06 bits per heavy atom. The summed E-state index contributed by atoms with van der Waals surface area (Å²) in [4.78, 5) is 19.7. The fraction of sp³-hybridized carbons (Fsp3) is 0.600. The lowest BCUT2D eigenvalue weighted by molar-refractivity contribution is 0.0755. The molecule has 32 heavy (non-hydrogen) atoms. The second-order valence-corrected chi connectivity index (χ2v) is 9.65. The number of aromatic amines is 1. The minimum Gasteiger partial charge on any atom is -0.393 e. The van der Waals surface area contributed by atoms with Crippen LogP contribution in [0.3, 0.4) is 0 Å². The number of likely N-dealkylation sites (tertiary alicyclic amines) is 2. The zero-order valence-electron chi connectivity index (χ0n) is 19.0. The lowest BCUT2D eigenvalue weighted by atomic mass is 9.83. The molecule has 1 aromatic carbocycles. The van der Waals surface area contributed by atoms with E-state index in [0.717, 1.165) is 44.0 Å². The van der Waals surface area contributed by atoms with Gasteiger partial charge in [0.15, 0.2) is 5.82 Å². The van der Waals surface area contributed by atoms with Crippen LogP contribution in [0.4, 0.5) is 10.6 Å². The van der Waals surface area contributed by atoms with Gasteiger partial charge in [0.2, 0.25) is 0 Å². The number of H-pyrrole nitrogens is 1. The van der Waals surface area contributed by atoms with E-state index in [1.165, 1.54) is 17.5 Å². The van der Waals surface area contributed by atoms with Crippen LogP contribution in [-0.4, -0.2) is 76.5 Å². The Labute approximate surface area is 190 Å². The van der Waals surface area contributed by atoms with Crippen LogP contribution in [0.25, 0.3) is 0 Å². The number of nitrogens with one attached hydrogen (secondary N) is 1. The number of urea groups is 1. The first-order valence-electron chi connectivity index (χ1n) is 12.2. The molecule has 3 saturated heterocycles. The van der Waals surface area contributed by atoms with Crippen LogP contribution < -0.4 is 4.90 Å². The van der Waals surface area contributed by atoms with Crippen LogP contribution in [0.15, 0.2) is 30.3 Å². The molecule has 0 spiro atoms. The van der Waals surface area contributed by atoms with E-state index < -0.39 is 0 Å². The number of anilines is 1. The van der Waals surface area contributed by atoms with Gasteiger partial charge in [0.1, 0.15) is 0 Å². The van der Waals surface area contributed by atoms with E-state index in [1.807, 2.05) is 9.80 Å². The molecule has 0 radical (unpaired) electrons. The third kappa shape index (κ3) is 4.35. The number of hydrogen-bond donors (Lipinski definition) is 2. The van der Waals surface area contributed by atoms with Crippen molar-refractivity contribution in [3.05, 3.63) is 47.2 Å². The highest BCUT2D eigenvalue weighted by atomic mass is 16.3. The molecule has 2 N–H and O–H groups in total. The van der Waals surface area contributed by atoms with E-state index in [2.05, 4.69) is 52.4 Å². The van der Waals surface area contributed by atoms with Gasteiger partial charge in [-0.3, -0.25) is 5.10 Å². The van der Waals surface area contributed by atoms with Gasteiger partial charge in [-0.05, 0) is 43.2 Å². The summed E-state index contributed by atoms with van der Waals surface area (Å²) in [7, 11) is 0. The minimum atomic E-state index is -0.275. The molecule has 7 heteroatoms. The van der Waals surface area contributed by atoms with E-state index in [1.54, 1.807) is 0 Å². The van der Waals surface area contributed by atoms with Crippen LogP contribution in [0, 0.1) is 0 Å². The van der Waals surface area contributed by atoms with Crippen LogP contribution in [0.5, 0.6) is 0 Å². The number of aliphatic hydroxyl groups is 1. The van der Waals surface area contributed by atoms with E-state index in [-0.39, 0.29) is 18.1 Å². The number of piperidine rings is 2. The first-order valence-corrected chi connectivity index (χ1v) is 12.2. The zero-order chi connectivity index (χ0) is 22.1. The molecular weight excluding hydrogens is 402 g/mol. The van der Waals surface area contributed by atoms with Gasteiger partial charge in [-0.25, -0.2) is 4.79 Å². The Bertz CT molecular complexity index is 915. The van der Waals surface area contributed by atoms with Crippen molar-refractivity contribution in [1.82, 2.24) is 20.0 Å². The Morgan fingerprint density at radius 3 is 2.44 bits per heavy atom. The summed E-state index contributed by atoms with van der Waals surface area (Å²) >= 11 is 0. The van der Waals surface area contributed by atoms with Crippen LogP contribution >= 0.6 is 0 Å². The SMILES string of the molecule is CCc1ccc(C2CC(c3cc(N4CCC4)n[nH]3)CN(C(=O)N3CCC(O)CC3)C2)cc1. The Kier molecular flexibility index (Phi) is 6.09. The number of benzene rings is 1. The number of aliphatic hydroxyl groups excluding tert-OH is 1. The van der Waals surface area contributed by atoms with Gasteiger partial charge in [-0.1, -0.05) is 31.2 Å². The number of nitrogens with zero attached hydrogens (tertiary/aromatic N) is 4. The summed E-state index contributed by atoms with van der Waals surface area (Å²) in [5.74, 6) is 1.57. The van der Waals surface area contributed by atoms with Crippen LogP contribution in [0.2, 0.25) is 0 Å². The molecule has 0 saturated carbocycles. The highest BCUT2D eigenvalue weighted by Gasteiger charge is 2.35. The van der Waals surface area contributed by atoms with Gasteiger partial charge < -0.3 is 19.8 Å². The highest BCUT2D eigenvalue weighted by molar-refractivity contribution is 5.75. The van der Waals surface area contributed by atoms with Gasteiger partial charge in [0, 0.05) is 62.9 Å². The third-order valence-corrected chi connectivity index (χ3v) is 7.52. The fourth-order valence-electron chi connectivity index (χ4n) is 5.25. The van der Waals surface area contributed by atoms with Gasteiger partial charge in [-0.2, -0.15) is 5.10 Å². The van der Waals surface area contributed by atoms with Gasteiger partial charge in [-0.15, -0.1) is 0 Å². The number of aromatic nitrogens is 2. The van der Waals surface area contributed by atoms with Crippen LogP contribution in [-0.2, 0) is 6.42 Å². The molecule has 3 aliphatic heterocycles. The van der Waals surface area contributed by atoms with Crippen molar-refractivity contribution < 1.29 is 9.90 Å². The maximum Gasteiger partial charge on any atom is 0.320 e. The molecule has 2 unspecified atom stereocenters. The predicted octanol–water partition coefficient (Wildman–Crippen LogP) is 3.33. The first-order chi connectivity index (χ1) is 15.6. The largest absolute Gasteiger partial charge is 0.393 e. The quantitative estimate of drug-likeness (QED) is 0.769. The first kappa shape index (κ1) is 21.3. The zero-order valence-corrected chi connectivity index (χ0v) is 19.0. The number of carbonyl (C=O) groups is 1. The number of carbonyl (C=O) groups excluding carboxylic acids is 1. The second kappa shape index (κ2) is 9.14. The van der Waals surface area contributed by atoms with Crippen molar-refractivity contribution in [2.45, 2.75) is 57.0 Å². The Hall–Kier alpha value is -2.54. The molecule has 0 bridgehead atoms. The van der Waals surface area contributed by atoms with Crippen molar-refractivity contribution in [3.63, 3.8) is 0 Å². The molecule has 172 valence electrons.